The number of ether oxygens (including phenoxy) is 1. The number of carbonyl (C=O) groups excluding carboxylic acids is 1. The van der Waals surface area contributed by atoms with Gasteiger partial charge in [-0.25, -0.2) is 9.78 Å². The molecule has 0 unspecified atom stereocenters. The fourth-order valence-electron chi connectivity index (χ4n) is 3.55. The van der Waals surface area contributed by atoms with E-state index in [4.69, 9.17) is 10.5 Å². The van der Waals surface area contributed by atoms with Crippen LogP contribution in [0.15, 0.2) is 30.7 Å². The van der Waals surface area contributed by atoms with Gasteiger partial charge in [-0.1, -0.05) is 0 Å². The van der Waals surface area contributed by atoms with Crippen LogP contribution in [0.4, 0.5) is 10.5 Å². The van der Waals surface area contributed by atoms with Crippen LogP contribution in [-0.4, -0.2) is 45.3 Å². The molecule has 1 aromatic carbocycles. The Balaban J connectivity index is 1.63. The summed E-state index contributed by atoms with van der Waals surface area (Å²) in [6, 6.07) is 6.20. The first-order valence-corrected chi connectivity index (χ1v) is 9.80. The maximum absolute atomic E-state index is 12.1. The summed E-state index contributed by atoms with van der Waals surface area (Å²) in [5, 5.41) is 3.00. The van der Waals surface area contributed by atoms with Crippen molar-refractivity contribution in [3.63, 3.8) is 0 Å². The minimum Gasteiger partial charge on any atom is -0.444 e. The molecule has 3 rings (SSSR count). The molecule has 2 heterocycles. The van der Waals surface area contributed by atoms with Crippen LogP contribution in [0.25, 0.3) is 5.69 Å². The number of carbonyl (C=O) groups is 1. The number of nitrogen functional groups attached to an aromatic ring is 1. The Morgan fingerprint density at radius 3 is 2.82 bits per heavy atom. The molecule has 0 spiro atoms. The quantitative estimate of drug-likeness (QED) is 0.789. The Morgan fingerprint density at radius 2 is 2.14 bits per heavy atom. The second-order valence-corrected chi connectivity index (χ2v) is 8.58. The van der Waals surface area contributed by atoms with E-state index in [1.54, 1.807) is 6.33 Å². The van der Waals surface area contributed by atoms with Gasteiger partial charge in [0, 0.05) is 36.7 Å². The normalized spacial score (nSPS) is 18.1. The molecular formula is C21H31N5O2. The van der Waals surface area contributed by atoms with Crippen LogP contribution in [0.2, 0.25) is 0 Å². The van der Waals surface area contributed by atoms with Gasteiger partial charge < -0.3 is 20.4 Å². The molecule has 2 aromatic rings. The van der Waals surface area contributed by atoms with Crippen LogP contribution in [0.1, 0.15) is 44.9 Å². The van der Waals surface area contributed by atoms with Crippen molar-refractivity contribution in [2.45, 2.75) is 58.7 Å². The number of nitrogens with two attached hydrogens (primary N) is 1. The number of nitrogens with zero attached hydrogens (tertiary/aromatic N) is 3. The summed E-state index contributed by atoms with van der Waals surface area (Å²) in [6.07, 6.45) is 5.44. The number of alkyl carbamates (subject to hydrolysis) is 1. The average Bonchev–Trinajstić information content (AvgIpc) is 2.99. The summed E-state index contributed by atoms with van der Waals surface area (Å²) >= 11 is 0. The minimum atomic E-state index is -0.484. The summed E-state index contributed by atoms with van der Waals surface area (Å²) in [5.74, 6) is 0. The van der Waals surface area contributed by atoms with Crippen LogP contribution in [0.5, 0.6) is 0 Å². The summed E-state index contributed by atoms with van der Waals surface area (Å²) in [7, 11) is 0. The zero-order chi connectivity index (χ0) is 20.3. The Labute approximate surface area is 166 Å². The lowest BCUT2D eigenvalue weighted by molar-refractivity contribution is 0.0470. The molecule has 0 radical (unpaired) electrons. The maximum Gasteiger partial charge on any atom is 0.407 e. The summed E-state index contributed by atoms with van der Waals surface area (Å²) in [4.78, 5) is 18.7. The highest BCUT2D eigenvalue weighted by molar-refractivity contribution is 5.68. The second-order valence-electron chi connectivity index (χ2n) is 8.58. The molecule has 28 heavy (non-hydrogen) atoms. The third-order valence-electron chi connectivity index (χ3n) is 4.64. The minimum absolute atomic E-state index is 0.0976. The zero-order valence-electron chi connectivity index (χ0n) is 17.2. The van der Waals surface area contributed by atoms with E-state index in [9.17, 15) is 4.79 Å². The molecule has 1 aromatic heterocycles. The standard InChI is InChI=1S/C21H31N5O2/c1-15-11-26(14-23-15)19-9-16(8-17(22)10-19)12-25-7-5-6-18(13-25)24-20(27)28-21(2,3)4/h8-11,14,18H,5-7,12-13,22H2,1-4H3,(H,24,27)/t18-/m0/s1. The molecule has 1 aliphatic heterocycles. The molecular weight excluding hydrogens is 354 g/mol. The van der Waals surface area contributed by atoms with E-state index in [1.165, 1.54) is 0 Å². The Kier molecular flexibility index (Phi) is 5.93. The second kappa shape index (κ2) is 8.22. The number of imidazole rings is 1. The van der Waals surface area contributed by atoms with Crippen LogP contribution in [-0.2, 0) is 11.3 Å². The van der Waals surface area contributed by atoms with Gasteiger partial charge in [-0.05, 0) is 70.8 Å². The smallest absolute Gasteiger partial charge is 0.407 e. The number of hydrogen-bond acceptors (Lipinski definition) is 5. The van der Waals surface area contributed by atoms with Crippen molar-refractivity contribution in [3.05, 3.63) is 42.0 Å². The lowest BCUT2D eigenvalue weighted by Gasteiger charge is -2.33. The number of anilines is 1. The number of likely N-dealkylation sites (tertiary alicyclic amines) is 1. The molecule has 7 nitrogen and oxygen atoms in total. The van der Waals surface area contributed by atoms with E-state index in [0.717, 1.165) is 55.1 Å². The van der Waals surface area contributed by atoms with Crippen molar-refractivity contribution in [1.29, 1.82) is 0 Å². The van der Waals surface area contributed by atoms with Crippen LogP contribution in [0, 0.1) is 6.92 Å². The van der Waals surface area contributed by atoms with Gasteiger partial charge in [-0.2, -0.15) is 0 Å². The number of rotatable bonds is 4. The van der Waals surface area contributed by atoms with Gasteiger partial charge in [0.05, 0.1) is 12.0 Å². The molecule has 152 valence electrons. The van der Waals surface area contributed by atoms with E-state index < -0.39 is 5.60 Å². The van der Waals surface area contributed by atoms with Gasteiger partial charge in [0.15, 0.2) is 0 Å². The molecule has 7 heteroatoms. The highest BCUT2D eigenvalue weighted by Crippen LogP contribution is 2.20. The average molecular weight is 386 g/mol. The predicted octanol–water partition coefficient (Wildman–Crippen LogP) is 3.25. The SMILES string of the molecule is Cc1cn(-c2cc(N)cc(CN3CCC[C@H](NC(=O)OC(C)(C)C)C3)c2)cn1. The monoisotopic (exact) mass is 385 g/mol. The lowest BCUT2D eigenvalue weighted by atomic mass is 10.0. The zero-order valence-corrected chi connectivity index (χ0v) is 17.2. The molecule has 1 atom stereocenters. The Hall–Kier alpha value is -2.54. The van der Waals surface area contributed by atoms with Crippen molar-refractivity contribution < 1.29 is 9.53 Å². The fraction of sp³-hybridized carbons (Fsp3) is 0.524. The summed E-state index contributed by atoms with van der Waals surface area (Å²) < 4.78 is 7.37. The number of piperidine rings is 1. The molecule has 3 N–H and O–H groups in total. The van der Waals surface area contributed by atoms with Gasteiger partial charge >= 0.3 is 6.09 Å². The Bertz CT molecular complexity index is 824. The predicted molar refractivity (Wildman–Crippen MR) is 110 cm³/mol. The summed E-state index contributed by atoms with van der Waals surface area (Å²) in [5.41, 5.74) is 9.52. The molecule has 1 fully saturated rings. The van der Waals surface area contributed by atoms with Crippen molar-refractivity contribution >= 4 is 11.8 Å². The van der Waals surface area contributed by atoms with E-state index in [-0.39, 0.29) is 12.1 Å². The number of nitrogens with one attached hydrogen (secondary N) is 1. The first-order valence-electron chi connectivity index (χ1n) is 9.80. The third kappa shape index (κ3) is 5.73. The van der Waals surface area contributed by atoms with E-state index >= 15 is 0 Å². The number of hydrogen-bond donors (Lipinski definition) is 2. The van der Waals surface area contributed by atoms with Gasteiger partial charge in [0.2, 0.25) is 0 Å². The highest BCUT2D eigenvalue weighted by Gasteiger charge is 2.24. The van der Waals surface area contributed by atoms with Gasteiger partial charge in [0.25, 0.3) is 0 Å². The van der Waals surface area contributed by atoms with E-state index in [0.29, 0.717) is 0 Å². The van der Waals surface area contributed by atoms with Crippen molar-refractivity contribution in [2.75, 3.05) is 18.8 Å². The summed E-state index contributed by atoms with van der Waals surface area (Å²) in [6.45, 7) is 10.2. The van der Waals surface area contributed by atoms with E-state index in [1.807, 2.05) is 50.6 Å². The number of aryl methyl sites for hydroxylation is 1. The topological polar surface area (TPSA) is 85.4 Å². The Morgan fingerprint density at radius 1 is 1.36 bits per heavy atom. The molecule has 0 bridgehead atoms. The number of aromatic nitrogens is 2. The van der Waals surface area contributed by atoms with Gasteiger partial charge in [-0.3, -0.25) is 4.90 Å². The third-order valence-corrected chi connectivity index (χ3v) is 4.64. The largest absolute Gasteiger partial charge is 0.444 e. The van der Waals surface area contributed by atoms with Crippen LogP contribution >= 0.6 is 0 Å². The van der Waals surface area contributed by atoms with Crippen LogP contribution < -0.4 is 11.1 Å². The molecule has 0 aliphatic carbocycles. The van der Waals surface area contributed by atoms with Crippen molar-refractivity contribution in [1.82, 2.24) is 19.8 Å². The maximum atomic E-state index is 12.1. The first-order chi connectivity index (χ1) is 13.2. The lowest BCUT2D eigenvalue weighted by Crippen LogP contribution is -2.48. The van der Waals surface area contributed by atoms with Crippen molar-refractivity contribution in [3.8, 4) is 5.69 Å². The first kappa shape index (κ1) is 20.2. The van der Waals surface area contributed by atoms with Gasteiger partial charge in [0.1, 0.15) is 5.60 Å². The molecule has 0 saturated carbocycles. The number of amides is 1. The molecule has 1 saturated heterocycles. The molecule has 1 aliphatic rings. The van der Waals surface area contributed by atoms with Crippen molar-refractivity contribution in [2.24, 2.45) is 0 Å². The van der Waals surface area contributed by atoms with Gasteiger partial charge in [-0.15, -0.1) is 0 Å². The highest BCUT2D eigenvalue weighted by atomic mass is 16.6. The molecule has 1 amide bonds. The fourth-order valence-corrected chi connectivity index (χ4v) is 3.55. The van der Waals surface area contributed by atoms with Crippen LogP contribution in [0.3, 0.4) is 0 Å². The van der Waals surface area contributed by atoms with E-state index in [2.05, 4.69) is 21.3 Å². The number of benzene rings is 1.